The van der Waals surface area contributed by atoms with Crippen molar-refractivity contribution in [3.8, 4) is 34.5 Å². The third-order valence-corrected chi connectivity index (χ3v) is 4.21. The lowest BCUT2D eigenvalue weighted by molar-refractivity contribution is 1.28. The van der Waals surface area contributed by atoms with Crippen LogP contribution in [0.2, 0.25) is 0 Å². The van der Waals surface area contributed by atoms with Crippen molar-refractivity contribution in [2.75, 3.05) is 0 Å². The van der Waals surface area contributed by atoms with Crippen LogP contribution in [-0.2, 0) is 0 Å². The number of rotatable bonds is 2. The first kappa shape index (κ1) is 17.4. The Morgan fingerprint density at radius 3 is 2.26 bits per heavy atom. The van der Waals surface area contributed by atoms with Crippen LogP contribution < -0.4 is 0 Å². The van der Waals surface area contributed by atoms with Crippen molar-refractivity contribution < 1.29 is 0 Å². The van der Waals surface area contributed by atoms with Crippen LogP contribution in [0.15, 0.2) is 48.7 Å². The number of aromatic nitrogens is 1. The Bertz CT molecular complexity index is 1210. The highest BCUT2D eigenvalue weighted by Gasteiger charge is 2.22. The molecular formula is C22H11N5. The van der Waals surface area contributed by atoms with Crippen LogP contribution >= 0.6 is 0 Å². The van der Waals surface area contributed by atoms with E-state index in [4.69, 9.17) is 13.1 Å². The fourth-order valence-electron chi connectivity index (χ4n) is 2.99. The summed E-state index contributed by atoms with van der Waals surface area (Å²) >= 11 is 0. The molecule has 0 unspecified atom stereocenters. The van der Waals surface area contributed by atoms with E-state index in [1.54, 1.807) is 6.20 Å². The van der Waals surface area contributed by atoms with Gasteiger partial charge in [-0.1, -0.05) is 30.3 Å². The van der Waals surface area contributed by atoms with Crippen molar-refractivity contribution in [2.45, 2.75) is 6.92 Å². The Morgan fingerprint density at radius 2 is 1.67 bits per heavy atom. The fraction of sp³-hybridized carbons (Fsp3) is 0.0455. The van der Waals surface area contributed by atoms with Crippen molar-refractivity contribution in [1.29, 1.82) is 10.5 Å². The average Bonchev–Trinajstić information content (AvgIpc) is 2.72. The highest BCUT2D eigenvalue weighted by molar-refractivity contribution is 5.96. The van der Waals surface area contributed by atoms with Crippen LogP contribution in [-0.4, -0.2) is 4.98 Å². The molecule has 0 aliphatic rings. The molecule has 0 radical (unpaired) electrons. The van der Waals surface area contributed by atoms with Gasteiger partial charge in [-0.15, -0.1) is 0 Å². The van der Waals surface area contributed by atoms with Gasteiger partial charge >= 0.3 is 0 Å². The van der Waals surface area contributed by atoms with Crippen LogP contribution in [0.1, 0.15) is 16.7 Å². The Kier molecular flexibility index (Phi) is 4.63. The average molecular weight is 345 g/mol. The zero-order valence-corrected chi connectivity index (χ0v) is 14.4. The Morgan fingerprint density at radius 1 is 0.963 bits per heavy atom. The molecule has 0 aliphatic heterocycles. The molecule has 0 N–H and O–H groups in total. The van der Waals surface area contributed by atoms with E-state index in [2.05, 4.69) is 14.7 Å². The highest BCUT2D eigenvalue weighted by Crippen LogP contribution is 2.45. The molecule has 5 nitrogen and oxygen atoms in total. The van der Waals surface area contributed by atoms with Crippen LogP contribution in [0, 0.1) is 42.7 Å². The maximum atomic E-state index is 9.44. The van der Waals surface area contributed by atoms with E-state index in [9.17, 15) is 10.5 Å². The van der Waals surface area contributed by atoms with E-state index in [0.29, 0.717) is 11.3 Å². The van der Waals surface area contributed by atoms with Gasteiger partial charge in [0.25, 0.3) is 0 Å². The number of benzene rings is 2. The lowest BCUT2D eigenvalue weighted by Gasteiger charge is -2.15. The van der Waals surface area contributed by atoms with E-state index >= 15 is 0 Å². The van der Waals surface area contributed by atoms with Gasteiger partial charge in [-0.3, -0.25) is 4.98 Å². The SMILES string of the molecule is [C-]#[N+]c1c(-c2nccc(C)c2-c2ccccc2)cc(C#N)c(C#N)c1[N+]#[C-]. The van der Waals surface area contributed by atoms with Crippen LogP contribution in [0.4, 0.5) is 11.4 Å². The third-order valence-electron chi connectivity index (χ3n) is 4.21. The number of pyridine rings is 1. The zero-order chi connectivity index (χ0) is 19.4. The number of nitrogens with zero attached hydrogens (tertiary/aromatic N) is 5. The van der Waals surface area contributed by atoms with E-state index in [-0.39, 0.29) is 22.5 Å². The Hall–Kier alpha value is -4.45. The molecule has 0 bridgehead atoms. The van der Waals surface area contributed by atoms with Gasteiger partial charge in [0.15, 0.2) is 0 Å². The van der Waals surface area contributed by atoms with Gasteiger partial charge < -0.3 is 0 Å². The second kappa shape index (κ2) is 7.20. The number of hydrogen-bond donors (Lipinski definition) is 0. The smallest absolute Gasteiger partial charge is 0.213 e. The van der Waals surface area contributed by atoms with Crippen LogP contribution in [0.25, 0.3) is 32.1 Å². The van der Waals surface area contributed by atoms with Gasteiger partial charge in [0.1, 0.15) is 0 Å². The van der Waals surface area contributed by atoms with Crippen molar-refractivity contribution in [3.05, 3.63) is 88.2 Å². The summed E-state index contributed by atoms with van der Waals surface area (Å²) in [7, 11) is 0. The van der Waals surface area contributed by atoms with Gasteiger partial charge in [-0.05, 0) is 35.7 Å². The lowest BCUT2D eigenvalue weighted by Crippen LogP contribution is -1.95. The molecule has 0 saturated carbocycles. The molecule has 2 aromatic carbocycles. The third kappa shape index (κ3) is 2.87. The summed E-state index contributed by atoms with van der Waals surface area (Å²) in [6, 6.07) is 16.8. The van der Waals surface area contributed by atoms with Gasteiger partial charge in [0.2, 0.25) is 11.4 Å². The van der Waals surface area contributed by atoms with E-state index < -0.39 is 0 Å². The number of aryl methyl sites for hydroxylation is 1. The minimum Gasteiger partial charge on any atom is -0.257 e. The maximum absolute atomic E-state index is 9.44. The van der Waals surface area contributed by atoms with Crippen molar-refractivity contribution in [3.63, 3.8) is 0 Å². The highest BCUT2D eigenvalue weighted by atomic mass is 14.8. The lowest BCUT2D eigenvalue weighted by atomic mass is 9.92. The standard InChI is InChI=1S/C22H11N5/c1-14-9-10-27-20(19(14)15-7-5-4-6-8-15)17-11-16(12-23)18(13-24)22(26-3)21(17)25-2/h4-11H,1H3. The largest absolute Gasteiger partial charge is 0.257 e. The summed E-state index contributed by atoms with van der Waals surface area (Å²) in [5, 5.41) is 18.8. The first-order valence-corrected chi connectivity index (χ1v) is 7.93. The molecule has 124 valence electrons. The normalized spacial score (nSPS) is 9.52. The minimum absolute atomic E-state index is 0.0378. The molecular weight excluding hydrogens is 334 g/mol. The molecule has 0 atom stereocenters. The molecule has 3 aromatic rings. The van der Waals surface area contributed by atoms with Crippen molar-refractivity contribution in [2.24, 2.45) is 0 Å². The predicted molar refractivity (Wildman–Crippen MR) is 102 cm³/mol. The molecule has 3 rings (SSSR count). The van der Waals surface area contributed by atoms with Gasteiger partial charge in [0, 0.05) is 11.8 Å². The minimum atomic E-state index is -0.108. The molecule has 1 heterocycles. The first-order chi connectivity index (χ1) is 13.2. The molecule has 0 fully saturated rings. The van der Waals surface area contributed by atoms with Crippen LogP contribution in [0.3, 0.4) is 0 Å². The summed E-state index contributed by atoms with van der Waals surface area (Å²) in [5.41, 5.74) is 3.51. The maximum Gasteiger partial charge on any atom is 0.213 e. The number of hydrogen-bond acceptors (Lipinski definition) is 3. The Labute approximate surface area is 157 Å². The molecule has 27 heavy (non-hydrogen) atoms. The molecule has 0 spiro atoms. The van der Waals surface area contributed by atoms with E-state index in [0.717, 1.165) is 16.7 Å². The second-order valence-corrected chi connectivity index (χ2v) is 5.71. The molecule has 0 saturated heterocycles. The molecule has 1 aromatic heterocycles. The first-order valence-electron chi connectivity index (χ1n) is 7.93. The zero-order valence-electron chi connectivity index (χ0n) is 14.4. The summed E-state index contributed by atoms with van der Waals surface area (Å²) in [6.45, 7) is 16.9. The van der Waals surface area contributed by atoms with E-state index in [1.807, 2.05) is 55.5 Å². The summed E-state index contributed by atoms with van der Waals surface area (Å²) < 4.78 is 0. The fourth-order valence-corrected chi connectivity index (χ4v) is 2.99. The van der Waals surface area contributed by atoms with Gasteiger partial charge in [0.05, 0.1) is 42.1 Å². The van der Waals surface area contributed by atoms with Gasteiger partial charge in [-0.2, -0.15) is 10.5 Å². The molecule has 5 heteroatoms. The van der Waals surface area contributed by atoms with Crippen molar-refractivity contribution in [1.82, 2.24) is 4.98 Å². The van der Waals surface area contributed by atoms with Crippen LogP contribution in [0.5, 0.6) is 0 Å². The van der Waals surface area contributed by atoms with Crippen molar-refractivity contribution >= 4 is 11.4 Å². The summed E-state index contributed by atoms with van der Waals surface area (Å²) in [6.07, 6.45) is 1.63. The topological polar surface area (TPSA) is 69.2 Å². The molecule has 0 amide bonds. The molecule has 0 aliphatic carbocycles. The summed E-state index contributed by atoms with van der Waals surface area (Å²) in [4.78, 5) is 11.3. The second-order valence-electron chi connectivity index (χ2n) is 5.71. The Balaban J connectivity index is 2.47. The van der Waals surface area contributed by atoms with E-state index in [1.165, 1.54) is 6.07 Å². The quantitative estimate of drug-likeness (QED) is 0.570. The monoisotopic (exact) mass is 345 g/mol. The van der Waals surface area contributed by atoms with Gasteiger partial charge in [-0.25, -0.2) is 9.69 Å². The number of nitriles is 2. The summed E-state index contributed by atoms with van der Waals surface area (Å²) in [5.74, 6) is 0. The predicted octanol–water partition coefficient (Wildman–Crippen LogP) is 5.57.